The molecule has 2 heterocycles. The van der Waals surface area contributed by atoms with E-state index < -0.39 is 0 Å². The highest BCUT2D eigenvalue weighted by Gasteiger charge is 2.23. The van der Waals surface area contributed by atoms with E-state index in [9.17, 15) is 4.79 Å². The second-order valence-electron chi connectivity index (χ2n) is 5.92. The van der Waals surface area contributed by atoms with Gasteiger partial charge in [0, 0.05) is 18.3 Å². The normalized spacial score (nSPS) is 18.2. The second kappa shape index (κ2) is 7.17. The summed E-state index contributed by atoms with van der Waals surface area (Å²) in [6.07, 6.45) is 3.44. The molecule has 0 unspecified atom stereocenters. The number of carbonyl (C=O) groups is 1. The lowest BCUT2D eigenvalue weighted by atomic mass is 10.0. The Morgan fingerprint density at radius 1 is 1.26 bits per heavy atom. The van der Waals surface area contributed by atoms with Gasteiger partial charge in [0.1, 0.15) is 5.82 Å². The van der Waals surface area contributed by atoms with Crippen molar-refractivity contribution in [2.24, 2.45) is 0 Å². The minimum absolute atomic E-state index is 0.197. The number of hydrogen-bond acceptors (Lipinski definition) is 4. The zero-order valence-electron chi connectivity index (χ0n) is 13.6. The van der Waals surface area contributed by atoms with Crippen LogP contribution < -0.4 is 0 Å². The molecule has 0 aliphatic carbocycles. The molecule has 122 valence electrons. The van der Waals surface area contributed by atoms with Crippen molar-refractivity contribution in [3.8, 4) is 5.69 Å². The molecule has 5 nitrogen and oxygen atoms in total. The summed E-state index contributed by atoms with van der Waals surface area (Å²) in [6.45, 7) is 4.95. The number of piperidine rings is 1. The molecule has 1 aromatic heterocycles. The predicted molar refractivity (Wildman–Crippen MR) is 91.8 cm³/mol. The molecule has 1 saturated heterocycles. The summed E-state index contributed by atoms with van der Waals surface area (Å²) < 4.78 is 2.00. The van der Waals surface area contributed by atoms with E-state index in [1.807, 2.05) is 46.7 Å². The fourth-order valence-electron chi connectivity index (χ4n) is 2.99. The molecule has 0 bridgehead atoms. The average molecular weight is 330 g/mol. The van der Waals surface area contributed by atoms with Gasteiger partial charge in [-0.2, -0.15) is 0 Å². The maximum absolute atomic E-state index is 12.5. The molecule has 1 aliphatic heterocycles. The van der Waals surface area contributed by atoms with E-state index in [1.165, 1.54) is 18.2 Å². The van der Waals surface area contributed by atoms with Crippen LogP contribution in [0.2, 0.25) is 0 Å². The van der Waals surface area contributed by atoms with Crippen molar-refractivity contribution in [3.05, 3.63) is 36.2 Å². The largest absolute Gasteiger partial charge is 0.339 e. The zero-order valence-corrected chi connectivity index (χ0v) is 14.4. The number of benzene rings is 1. The van der Waals surface area contributed by atoms with Crippen molar-refractivity contribution >= 4 is 17.7 Å². The number of carbonyl (C=O) groups excluding carboxylic acids is 1. The number of likely N-dealkylation sites (tertiary alicyclic amines) is 1. The summed E-state index contributed by atoms with van der Waals surface area (Å²) in [5.74, 6) is 1.44. The quantitative estimate of drug-likeness (QED) is 0.809. The minimum atomic E-state index is 0.197. The Morgan fingerprint density at radius 3 is 2.78 bits per heavy atom. The van der Waals surface area contributed by atoms with Gasteiger partial charge in [0.15, 0.2) is 5.16 Å². The van der Waals surface area contributed by atoms with E-state index in [0.717, 1.165) is 36.1 Å². The lowest BCUT2D eigenvalue weighted by Crippen LogP contribution is -2.42. The van der Waals surface area contributed by atoms with E-state index in [-0.39, 0.29) is 5.91 Å². The number of para-hydroxylation sites is 1. The van der Waals surface area contributed by atoms with Crippen molar-refractivity contribution in [1.82, 2.24) is 19.7 Å². The molecule has 1 aromatic carbocycles. The van der Waals surface area contributed by atoms with Crippen LogP contribution in [-0.2, 0) is 4.79 Å². The standard InChI is InChI=1S/C17H22N4OS/c1-13-8-6-7-11-20(13)16(22)12-23-17-19-18-14(2)21(17)15-9-4-3-5-10-15/h3-5,9-10,13H,6-8,11-12H2,1-2H3/t13-/m0/s1. The summed E-state index contributed by atoms with van der Waals surface area (Å²) in [7, 11) is 0. The third kappa shape index (κ3) is 3.58. The second-order valence-corrected chi connectivity index (χ2v) is 6.86. The van der Waals surface area contributed by atoms with Crippen LogP contribution in [0.5, 0.6) is 0 Å². The Labute approximate surface area is 141 Å². The first-order valence-corrected chi connectivity index (χ1v) is 9.05. The number of nitrogens with zero attached hydrogens (tertiary/aromatic N) is 4. The first kappa shape index (κ1) is 16.1. The number of amides is 1. The van der Waals surface area contributed by atoms with Gasteiger partial charge in [-0.25, -0.2) is 0 Å². The summed E-state index contributed by atoms with van der Waals surface area (Å²) >= 11 is 1.46. The van der Waals surface area contributed by atoms with Crippen molar-refractivity contribution in [2.45, 2.75) is 44.3 Å². The maximum atomic E-state index is 12.5. The van der Waals surface area contributed by atoms with Crippen LogP contribution in [0.25, 0.3) is 5.69 Å². The molecule has 1 fully saturated rings. The van der Waals surface area contributed by atoms with Crippen molar-refractivity contribution in [1.29, 1.82) is 0 Å². The van der Waals surface area contributed by atoms with Gasteiger partial charge in [0.2, 0.25) is 5.91 Å². The number of thioether (sulfide) groups is 1. The monoisotopic (exact) mass is 330 g/mol. The molecule has 1 aliphatic rings. The van der Waals surface area contributed by atoms with E-state index in [4.69, 9.17) is 0 Å². The van der Waals surface area contributed by atoms with Crippen LogP contribution in [-0.4, -0.2) is 43.9 Å². The SMILES string of the molecule is Cc1nnc(SCC(=O)N2CCCC[C@@H]2C)n1-c1ccccc1. The maximum Gasteiger partial charge on any atom is 0.233 e. The van der Waals surface area contributed by atoms with Crippen molar-refractivity contribution in [3.63, 3.8) is 0 Å². The summed E-state index contributed by atoms with van der Waals surface area (Å²) in [4.78, 5) is 14.5. The highest BCUT2D eigenvalue weighted by Crippen LogP contribution is 2.23. The Kier molecular flexibility index (Phi) is 5.00. The van der Waals surface area contributed by atoms with E-state index in [1.54, 1.807) is 0 Å². The molecule has 0 spiro atoms. The fraction of sp³-hybridized carbons (Fsp3) is 0.471. The van der Waals surface area contributed by atoms with Crippen LogP contribution in [0.4, 0.5) is 0 Å². The zero-order chi connectivity index (χ0) is 16.2. The summed E-state index contributed by atoms with van der Waals surface area (Å²) in [5.41, 5.74) is 1.02. The first-order chi connectivity index (χ1) is 11.2. The summed E-state index contributed by atoms with van der Waals surface area (Å²) in [5, 5.41) is 9.17. The fourth-order valence-corrected chi connectivity index (χ4v) is 3.87. The van der Waals surface area contributed by atoms with E-state index in [2.05, 4.69) is 17.1 Å². The molecule has 0 radical (unpaired) electrons. The van der Waals surface area contributed by atoms with Gasteiger partial charge in [-0.05, 0) is 45.2 Å². The smallest absolute Gasteiger partial charge is 0.233 e. The predicted octanol–water partition coefficient (Wildman–Crippen LogP) is 3.07. The molecule has 1 atom stereocenters. The highest BCUT2D eigenvalue weighted by molar-refractivity contribution is 7.99. The number of rotatable bonds is 4. The van der Waals surface area contributed by atoms with Crippen molar-refractivity contribution in [2.75, 3.05) is 12.3 Å². The molecule has 0 N–H and O–H groups in total. The molecule has 2 aromatic rings. The van der Waals surface area contributed by atoms with Gasteiger partial charge in [-0.15, -0.1) is 10.2 Å². The third-order valence-electron chi connectivity index (χ3n) is 4.26. The van der Waals surface area contributed by atoms with E-state index in [0.29, 0.717) is 11.8 Å². The first-order valence-electron chi connectivity index (χ1n) is 8.06. The topological polar surface area (TPSA) is 51.0 Å². The van der Waals surface area contributed by atoms with Gasteiger partial charge in [0.05, 0.1) is 5.75 Å². The van der Waals surface area contributed by atoms with Gasteiger partial charge in [-0.1, -0.05) is 30.0 Å². The third-order valence-corrected chi connectivity index (χ3v) is 5.17. The van der Waals surface area contributed by atoms with Gasteiger partial charge >= 0.3 is 0 Å². The molecule has 1 amide bonds. The number of aromatic nitrogens is 3. The van der Waals surface area contributed by atoms with Crippen LogP contribution in [0.15, 0.2) is 35.5 Å². The van der Waals surface area contributed by atoms with Crippen LogP contribution in [0.3, 0.4) is 0 Å². The van der Waals surface area contributed by atoms with Crippen LogP contribution in [0.1, 0.15) is 32.0 Å². The van der Waals surface area contributed by atoms with Gasteiger partial charge in [-0.3, -0.25) is 9.36 Å². The minimum Gasteiger partial charge on any atom is -0.339 e. The van der Waals surface area contributed by atoms with Crippen molar-refractivity contribution < 1.29 is 4.79 Å². The number of hydrogen-bond donors (Lipinski definition) is 0. The molecule has 3 rings (SSSR count). The molecule has 6 heteroatoms. The summed E-state index contributed by atoms with van der Waals surface area (Å²) in [6, 6.07) is 10.4. The molecule has 23 heavy (non-hydrogen) atoms. The molecular formula is C17H22N4OS. The Hall–Kier alpha value is -1.82. The molecule has 0 saturated carbocycles. The van der Waals surface area contributed by atoms with Gasteiger partial charge < -0.3 is 4.90 Å². The Balaban J connectivity index is 1.71. The average Bonchev–Trinajstić information content (AvgIpc) is 2.94. The van der Waals surface area contributed by atoms with E-state index >= 15 is 0 Å². The highest BCUT2D eigenvalue weighted by atomic mass is 32.2. The van der Waals surface area contributed by atoms with Gasteiger partial charge in [0.25, 0.3) is 0 Å². The lowest BCUT2D eigenvalue weighted by Gasteiger charge is -2.33. The molecular weight excluding hydrogens is 308 g/mol. The Morgan fingerprint density at radius 2 is 2.04 bits per heavy atom. The van der Waals surface area contributed by atoms with Crippen LogP contribution >= 0.6 is 11.8 Å². The lowest BCUT2D eigenvalue weighted by molar-refractivity contribution is -0.131. The Bertz CT molecular complexity index is 670. The number of aryl methyl sites for hydroxylation is 1. The van der Waals surface area contributed by atoms with Crippen LogP contribution in [0, 0.1) is 6.92 Å².